The summed E-state index contributed by atoms with van der Waals surface area (Å²) >= 11 is 0. The largest absolute Gasteiger partial charge is 0.0596 e. The maximum atomic E-state index is 4.30. The molecule has 0 amide bonds. The molecule has 2 aliphatic carbocycles. The fourth-order valence-electron chi connectivity index (χ4n) is 1.86. The van der Waals surface area contributed by atoms with E-state index in [1.54, 1.807) is 0 Å². The third kappa shape index (κ3) is 1.45. The van der Waals surface area contributed by atoms with Gasteiger partial charge in [-0.1, -0.05) is 13.8 Å². The van der Waals surface area contributed by atoms with Crippen LogP contribution in [0.4, 0.5) is 0 Å². The molecule has 1 unspecified atom stereocenters. The highest BCUT2D eigenvalue weighted by molar-refractivity contribution is 5.00. The Morgan fingerprint density at radius 3 is 2.09 bits per heavy atom. The topological polar surface area (TPSA) is 0 Å². The minimum absolute atomic E-state index is 0.644. The second-order valence-electron chi connectivity index (χ2n) is 5.37. The van der Waals surface area contributed by atoms with Gasteiger partial charge in [0.25, 0.3) is 0 Å². The molecule has 0 aromatic carbocycles. The van der Waals surface area contributed by atoms with Crippen LogP contribution in [0.15, 0.2) is 0 Å². The van der Waals surface area contributed by atoms with Crippen LogP contribution in [0.3, 0.4) is 0 Å². The molecule has 2 saturated carbocycles. The van der Waals surface area contributed by atoms with Gasteiger partial charge in [-0.3, -0.25) is 0 Å². The van der Waals surface area contributed by atoms with Gasteiger partial charge in [0.2, 0.25) is 0 Å². The summed E-state index contributed by atoms with van der Waals surface area (Å²) in [5, 5.41) is 0. The van der Waals surface area contributed by atoms with Crippen molar-refractivity contribution in [2.75, 3.05) is 0 Å². The van der Waals surface area contributed by atoms with Crippen molar-refractivity contribution < 1.29 is 0 Å². The molecule has 2 rings (SSSR count). The van der Waals surface area contributed by atoms with E-state index in [9.17, 15) is 0 Å². The second-order valence-corrected chi connectivity index (χ2v) is 5.37. The Balaban J connectivity index is 1.86. The quantitative estimate of drug-likeness (QED) is 0.579. The summed E-state index contributed by atoms with van der Waals surface area (Å²) in [4.78, 5) is 0. The lowest BCUT2D eigenvalue weighted by molar-refractivity contribution is 0.314. The molecule has 0 heteroatoms. The summed E-state index contributed by atoms with van der Waals surface area (Å²) < 4.78 is 0. The van der Waals surface area contributed by atoms with E-state index in [1.165, 1.54) is 32.1 Å². The molecule has 11 heavy (non-hydrogen) atoms. The van der Waals surface area contributed by atoms with Gasteiger partial charge in [0.15, 0.2) is 0 Å². The molecule has 1 radical (unpaired) electrons. The predicted octanol–water partition coefficient (Wildman–Crippen LogP) is 3.43. The molecule has 0 spiro atoms. The average molecular weight is 151 g/mol. The van der Waals surface area contributed by atoms with Crippen molar-refractivity contribution in [2.24, 2.45) is 16.7 Å². The van der Waals surface area contributed by atoms with E-state index in [2.05, 4.69) is 20.8 Å². The lowest BCUT2D eigenvalue weighted by Crippen LogP contribution is -2.13. The highest BCUT2D eigenvalue weighted by Crippen LogP contribution is 2.58. The van der Waals surface area contributed by atoms with Crippen molar-refractivity contribution in [1.29, 1.82) is 0 Å². The van der Waals surface area contributed by atoms with Crippen molar-refractivity contribution in [3.8, 4) is 0 Å². The van der Waals surface area contributed by atoms with Gasteiger partial charge in [0.05, 0.1) is 0 Å². The average Bonchev–Trinajstić information content (AvgIpc) is 2.75. The SMILES string of the molecule is [CH2]C(CC1(C)CC1)C1(C)CC1. The first-order valence-electron chi connectivity index (χ1n) is 4.87. The van der Waals surface area contributed by atoms with E-state index < -0.39 is 0 Å². The van der Waals surface area contributed by atoms with E-state index in [1.807, 2.05) is 0 Å². The fourth-order valence-corrected chi connectivity index (χ4v) is 1.86. The molecular weight excluding hydrogens is 132 g/mol. The number of hydrogen-bond donors (Lipinski definition) is 0. The normalized spacial score (nSPS) is 33.0. The van der Waals surface area contributed by atoms with Gasteiger partial charge in [-0.2, -0.15) is 0 Å². The first-order chi connectivity index (χ1) is 5.04. The van der Waals surface area contributed by atoms with Gasteiger partial charge in [-0.25, -0.2) is 0 Å². The first-order valence-corrected chi connectivity index (χ1v) is 4.87. The van der Waals surface area contributed by atoms with Crippen molar-refractivity contribution in [2.45, 2.75) is 46.0 Å². The van der Waals surface area contributed by atoms with Crippen LogP contribution in [-0.2, 0) is 0 Å². The Kier molecular flexibility index (Phi) is 1.41. The first kappa shape index (κ1) is 7.64. The molecule has 0 heterocycles. The Hall–Kier alpha value is 0. The Morgan fingerprint density at radius 1 is 1.18 bits per heavy atom. The summed E-state index contributed by atoms with van der Waals surface area (Å²) in [7, 11) is 0. The third-order valence-corrected chi connectivity index (χ3v) is 3.87. The molecular formula is C11H19. The molecule has 0 aromatic rings. The minimum Gasteiger partial charge on any atom is -0.0596 e. The fraction of sp³-hybridized carbons (Fsp3) is 0.909. The smallest absolute Gasteiger partial charge is 0.0297 e. The molecule has 2 aliphatic rings. The molecule has 0 saturated heterocycles. The van der Waals surface area contributed by atoms with Crippen LogP contribution in [-0.4, -0.2) is 0 Å². The number of rotatable bonds is 3. The summed E-state index contributed by atoms with van der Waals surface area (Å²) in [6, 6.07) is 0. The van der Waals surface area contributed by atoms with Crippen molar-refractivity contribution in [1.82, 2.24) is 0 Å². The van der Waals surface area contributed by atoms with Crippen LogP contribution >= 0.6 is 0 Å². The van der Waals surface area contributed by atoms with E-state index in [-0.39, 0.29) is 0 Å². The number of hydrogen-bond acceptors (Lipinski definition) is 0. The molecule has 63 valence electrons. The van der Waals surface area contributed by atoms with Gasteiger partial charge < -0.3 is 0 Å². The minimum atomic E-state index is 0.644. The van der Waals surface area contributed by atoms with Gasteiger partial charge in [0, 0.05) is 0 Å². The zero-order chi connectivity index (χ0) is 8.11. The van der Waals surface area contributed by atoms with Crippen molar-refractivity contribution in [3.63, 3.8) is 0 Å². The third-order valence-electron chi connectivity index (χ3n) is 3.87. The van der Waals surface area contributed by atoms with Crippen LogP contribution in [0.1, 0.15) is 46.0 Å². The van der Waals surface area contributed by atoms with E-state index in [4.69, 9.17) is 0 Å². The van der Waals surface area contributed by atoms with Gasteiger partial charge in [-0.15, -0.1) is 0 Å². The Morgan fingerprint density at radius 2 is 1.73 bits per heavy atom. The van der Waals surface area contributed by atoms with Crippen LogP contribution in [0, 0.1) is 23.7 Å². The van der Waals surface area contributed by atoms with E-state index in [0.717, 1.165) is 5.92 Å². The molecule has 0 aromatic heterocycles. The maximum absolute atomic E-state index is 4.30. The van der Waals surface area contributed by atoms with E-state index in [0.29, 0.717) is 10.8 Å². The highest BCUT2D eigenvalue weighted by atomic mass is 14.5. The highest BCUT2D eigenvalue weighted by Gasteiger charge is 2.47. The zero-order valence-corrected chi connectivity index (χ0v) is 7.82. The molecule has 0 N–H and O–H groups in total. The predicted molar refractivity (Wildman–Crippen MR) is 48.1 cm³/mol. The van der Waals surface area contributed by atoms with E-state index >= 15 is 0 Å². The van der Waals surface area contributed by atoms with Crippen molar-refractivity contribution in [3.05, 3.63) is 6.92 Å². The monoisotopic (exact) mass is 151 g/mol. The maximum Gasteiger partial charge on any atom is -0.0297 e. The molecule has 0 bridgehead atoms. The Bertz CT molecular complexity index is 161. The molecule has 2 fully saturated rings. The van der Waals surface area contributed by atoms with Gasteiger partial charge in [0.1, 0.15) is 0 Å². The van der Waals surface area contributed by atoms with Crippen LogP contribution in [0.2, 0.25) is 0 Å². The zero-order valence-electron chi connectivity index (χ0n) is 7.82. The van der Waals surface area contributed by atoms with Crippen LogP contribution in [0.25, 0.3) is 0 Å². The standard InChI is InChI=1S/C11H19/c1-9(11(3)6-7-11)8-10(2)4-5-10/h9H,1,4-8H2,2-3H3. The van der Waals surface area contributed by atoms with Crippen LogP contribution in [0.5, 0.6) is 0 Å². The molecule has 1 atom stereocenters. The Labute approximate surface area is 70.4 Å². The summed E-state index contributed by atoms with van der Waals surface area (Å²) in [6.45, 7) is 9.11. The summed E-state index contributed by atoms with van der Waals surface area (Å²) in [5.74, 6) is 0.731. The van der Waals surface area contributed by atoms with Gasteiger partial charge >= 0.3 is 0 Å². The molecule has 0 nitrogen and oxygen atoms in total. The lowest BCUT2D eigenvalue weighted by Gasteiger charge is -2.21. The second kappa shape index (κ2) is 2.02. The summed E-state index contributed by atoms with van der Waals surface area (Å²) in [6.07, 6.45) is 7.14. The summed E-state index contributed by atoms with van der Waals surface area (Å²) in [5.41, 5.74) is 1.35. The van der Waals surface area contributed by atoms with Crippen LogP contribution < -0.4 is 0 Å². The van der Waals surface area contributed by atoms with Crippen molar-refractivity contribution >= 4 is 0 Å². The lowest BCUT2D eigenvalue weighted by atomic mass is 9.84. The van der Waals surface area contributed by atoms with Gasteiger partial charge in [-0.05, 0) is 55.8 Å². The molecule has 0 aliphatic heterocycles.